The molecule has 0 aliphatic carbocycles. The summed E-state index contributed by atoms with van der Waals surface area (Å²) in [6, 6.07) is 14.2. The molecule has 6 nitrogen and oxygen atoms in total. The Bertz CT molecular complexity index is 1080. The summed E-state index contributed by atoms with van der Waals surface area (Å²) in [7, 11) is 0. The lowest BCUT2D eigenvalue weighted by Gasteiger charge is -2.32. The van der Waals surface area contributed by atoms with E-state index in [0.29, 0.717) is 30.6 Å². The lowest BCUT2D eigenvalue weighted by atomic mass is 10.0. The van der Waals surface area contributed by atoms with Crippen molar-refractivity contribution in [3.63, 3.8) is 0 Å². The topological polar surface area (TPSA) is 63.1 Å². The Hall–Kier alpha value is -3.27. The van der Waals surface area contributed by atoms with Crippen molar-refractivity contribution in [2.45, 2.75) is 31.6 Å². The lowest BCUT2D eigenvalue weighted by molar-refractivity contribution is -0.143. The van der Waals surface area contributed by atoms with E-state index >= 15 is 0 Å². The first-order chi connectivity index (χ1) is 15.3. The maximum atomic E-state index is 13.7. The normalized spacial score (nSPS) is 15.6. The molecule has 10 heteroatoms. The number of hydrogen-bond donors (Lipinski definition) is 1. The average molecular weight is 447 g/mol. The Labute approximate surface area is 181 Å². The number of carbonyl (C=O) groups is 1. The summed E-state index contributed by atoms with van der Waals surface area (Å²) < 4.78 is 55.2. The van der Waals surface area contributed by atoms with Gasteiger partial charge in [0.05, 0.1) is 5.69 Å². The molecule has 0 saturated carbocycles. The maximum absolute atomic E-state index is 13.7. The summed E-state index contributed by atoms with van der Waals surface area (Å²) >= 11 is 0. The molecule has 168 valence electrons. The Balaban J connectivity index is 1.45. The van der Waals surface area contributed by atoms with Crippen LogP contribution >= 0.6 is 0 Å². The minimum atomic E-state index is -4.90. The number of hydrogen-bond acceptors (Lipinski definition) is 4. The highest BCUT2D eigenvalue weighted by atomic mass is 19.4. The third-order valence-corrected chi connectivity index (χ3v) is 5.38. The van der Waals surface area contributed by atoms with Gasteiger partial charge in [-0.05, 0) is 36.6 Å². The number of amides is 1. The molecule has 1 amide bonds. The zero-order chi connectivity index (χ0) is 22.7. The largest absolute Gasteiger partial charge is 0.435 e. The van der Waals surface area contributed by atoms with Gasteiger partial charge in [0, 0.05) is 25.7 Å². The van der Waals surface area contributed by atoms with Crippen LogP contribution in [0.5, 0.6) is 0 Å². The van der Waals surface area contributed by atoms with Crippen LogP contribution in [0.1, 0.15) is 34.6 Å². The van der Waals surface area contributed by atoms with E-state index in [0.717, 1.165) is 18.7 Å². The van der Waals surface area contributed by atoms with Crippen LogP contribution in [0, 0.1) is 5.82 Å². The fourth-order valence-corrected chi connectivity index (χ4v) is 3.81. The lowest BCUT2D eigenvalue weighted by Crippen LogP contribution is -2.44. The third kappa shape index (κ3) is 4.96. The van der Waals surface area contributed by atoms with Gasteiger partial charge in [-0.3, -0.25) is 9.69 Å². The van der Waals surface area contributed by atoms with Crippen molar-refractivity contribution in [3.8, 4) is 5.69 Å². The number of piperidine rings is 1. The number of benzene rings is 2. The fraction of sp³-hybridized carbons (Fsp3) is 0.318. The number of nitrogens with zero attached hydrogens (tertiary/aromatic N) is 4. The number of likely N-dealkylation sites (tertiary alicyclic amines) is 1. The zero-order valence-corrected chi connectivity index (χ0v) is 17.0. The number of nitrogens with one attached hydrogen (secondary N) is 1. The van der Waals surface area contributed by atoms with E-state index in [1.807, 2.05) is 30.3 Å². The standard InChI is InChI=1S/C22H21F4N5O/c23-16-7-4-8-18(13-16)31-20(22(24,25)26)19(28-29-31)21(32)27-17-9-11-30(12-10-17)14-15-5-2-1-3-6-15/h1-8,13,17H,9-12,14H2,(H,27,32). The van der Waals surface area contributed by atoms with E-state index in [1.165, 1.54) is 17.7 Å². The summed E-state index contributed by atoms with van der Waals surface area (Å²) in [5.41, 5.74) is -1.15. The van der Waals surface area contributed by atoms with E-state index in [9.17, 15) is 22.4 Å². The van der Waals surface area contributed by atoms with Crippen LogP contribution in [0.4, 0.5) is 17.6 Å². The van der Waals surface area contributed by atoms with Crippen molar-refractivity contribution in [2.24, 2.45) is 0 Å². The highest BCUT2D eigenvalue weighted by Gasteiger charge is 2.42. The Morgan fingerprint density at radius 1 is 1.06 bits per heavy atom. The van der Waals surface area contributed by atoms with Crippen molar-refractivity contribution >= 4 is 5.91 Å². The second-order valence-corrected chi connectivity index (χ2v) is 7.69. The quantitative estimate of drug-likeness (QED) is 0.604. The molecule has 0 spiro atoms. The van der Waals surface area contributed by atoms with E-state index < -0.39 is 29.3 Å². The van der Waals surface area contributed by atoms with Crippen LogP contribution in [0.15, 0.2) is 54.6 Å². The van der Waals surface area contributed by atoms with Gasteiger partial charge in [0.1, 0.15) is 5.82 Å². The van der Waals surface area contributed by atoms with Crippen LogP contribution in [0.2, 0.25) is 0 Å². The van der Waals surface area contributed by atoms with Gasteiger partial charge in [-0.25, -0.2) is 9.07 Å². The molecule has 0 bridgehead atoms. The molecular formula is C22H21F4N5O. The van der Waals surface area contributed by atoms with Gasteiger partial charge in [0.2, 0.25) is 0 Å². The fourth-order valence-electron chi connectivity index (χ4n) is 3.81. The molecule has 1 aliphatic rings. The smallest absolute Gasteiger partial charge is 0.348 e. The first-order valence-electron chi connectivity index (χ1n) is 10.2. The Morgan fingerprint density at radius 2 is 1.78 bits per heavy atom. The van der Waals surface area contributed by atoms with Crippen LogP contribution in [-0.2, 0) is 12.7 Å². The number of rotatable bonds is 5. The molecule has 1 saturated heterocycles. The Morgan fingerprint density at radius 3 is 2.44 bits per heavy atom. The zero-order valence-electron chi connectivity index (χ0n) is 17.0. The van der Waals surface area contributed by atoms with Gasteiger partial charge in [0.25, 0.3) is 5.91 Å². The SMILES string of the molecule is O=C(NC1CCN(Cc2ccccc2)CC1)c1nnn(-c2cccc(F)c2)c1C(F)(F)F. The van der Waals surface area contributed by atoms with E-state index in [2.05, 4.69) is 20.5 Å². The molecule has 0 unspecified atom stereocenters. The molecule has 32 heavy (non-hydrogen) atoms. The predicted molar refractivity (Wildman–Crippen MR) is 109 cm³/mol. The molecule has 0 radical (unpaired) electrons. The number of halogens is 4. The molecule has 2 heterocycles. The van der Waals surface area contributed by atoms with E-state index in [-0.39, 0.29) is 11.7 Å². The van der Waals surface area contributed by atoms with Gasteiger partial charge >= 0.3 is 6.18 Å². The molecule has 1 aromatic heterocycles. The van der Waals surface area contributed by atoms with Gasteiger partial charge in [0.15, 0.2) is 11.4 Å². The second kappa shape index (κ2) is 9.07. The first kappa shape index (κ1) is 21.9. The maximum Gasteiger partial charge on any atom is 0.435 e. The Kier molecular flexibility index (Phi) is 6.22. The molecule has 3 aromatic rings. The van der Waals surface area contributed by atoms with Gasteiger partial charge in [-0.2, -0.15) is 13.2 Å². The minimum absolute atomic E-state index is 0.168. The highest BCUT2D eigenvalue weighted by molar-refractivity contribution is 5.93. The van der Waals surface area contributed by atoms with Crippen molar-refractivity contribution in [3.05, 3.63) is 77.4 Å². The van der Waals surface area contributed by atoms with Crippen molar-refractivity contribution in [2.75, 3.05) is 13.1 Å². The molecule has 1 fully saturated rings. The van der Waals surface area contributed by atoms with Crippen LogP contribution in [0.3, 0.4) is 0 Å². The monoisotopic (exact) mass is 447 g/mol. The summed E-state index contributed by atoms with van der Waals surface area (Å²) in [5.74, 6) is -1.67. The van der Waals surface area contributed by atoms with Gasteiger partial charge in [-0.1, -0.05) is 41.6 Å². The average Bonchev–Trinajstić information content (AvgIpc) is 3.22. The minimum Gasteiger partial charge on any atom is -0.348 e. The summed E-state index contributed by atoms with van der Waals surface area (Å²) in [6.07, 6.45) is -3.68. The van der Waals surface area contributed by atoms with Crippen LogP contribution in [0.25, 0.3) is 5.69 Å². The van der Waals surface area contributed by atoms with E-state index in [1.54, 1.807) is 0 Å². The number of carbonyl (C=O) groups excluding carboxylic acids is 1. The predicted octanol–water partition coefficient (Wildman–Crippen LogP) is 3.82. The molecule has 1 aliphatic heterocycles. The van der Waals surface area contributed by atoms with E-state index in [4.69, 9.17) is 0 Å². The first-order valence-corrected chi connectivity index (χ1v) is 10.2. The summed E-state index contributed by atoms with van der Waals surface area (Å²) in [6.45, 7) is 2.20. The number of aromatic nitrogens is 3. The molecule has 2 aromatic carbocycles. The molecular weight excluding hydrogens is 426 g/mol. The number of alkyl halides is 3. The van der Waals surface area contributed by atoms with Crippen molar-refractivity contribution in [1.29, 1.82) is 0 Å². The van der Waals surface area contributed by atoms with Gasteiger partial charge in [-0.15, -0.1) is 5.10 Å². The van der Waals surface area contributed by atoms with Crippen LogP contribution < -0.4 is 5.32 Å². The van der Waals surface area contributed by atoms with Crippen molar-refractivity contribution < 1.29 is 22.4 Å². The van der Waals surface area contributed by atoms with Gasteiger partial charge < -0.3 is 5.32 Å². The summed E-state index contributed by atoms with van der Waals surface area (Å²) in [5, 5.41) is 9.60. The highest BCUT2D eigenvalue weighted by Crippen LogP contribution is 2.33. The molecule has 4 rings (SSSR count). The van der Waals surface area contributed by atoms with Crippen LogP contribution in [-0.4, -0.2) is 44.9 Å². The molecule has 1 N–H and O–H groups in total. The third-order valence-electron chi connectivity index (χ3n) is 5.38. The summed E-state index contributed by atoms with van der Waals surface area (Å²) in [4.78, 5) is 14.9. The second-order valence-electron chi connectivity index (χ2n) is 7.69. The van der Waals surface area contributed by atoms with Crippen molar-refractivity contribution in [1.82, 2.24) is 25.2 Å². The molecule has 0 atom stereocenters.